The van der Waals surface area contributed by atoms with Crippen LogP contribution in [-0.2, 0) is 25.7 Å². The summed E-state index contributed by atoms with van der Waals surface area (Å²) in [4.78, 5) is 54.4. The molecule has 4 amide bonds. The molecule has 184 valence electrons. The first kappa shape index (κ1) is 25.6. The summed E-state index contributed by atoms with van der Waals surface area (Å²) in [5.74, 6) is -1.83. The largest absolute Gasteiger partial charge is 0.354 e. The zero-order valence-electron chi connectivity index (χ0n) is 20.1. The van der Waals surface area contributed by atoms with Gasteiger partial charge in [0.25, 0.3) is 0 Å². The summed E-state index contributed by atoms with van der Waals surface area (Å²) in [5, 5.41) is 2.89. The molecule has 1 heterocycles. The van der Waals surface area contributed by atoms with Gasteiger partial charge in [-0.3, -0.25) is 24.1 Å². The summed E-state index contributed by atoms with van der Waals surface area (Å²) in [6.45, 7) is 6.41. The second-order valence-corrected chi connectivity index (χ2v) is 9.45. The van der Waals surface area contributed by atoms with E-state index in [0.717, 1.165) is 0 Å². The maximum absolute atomic E-state index is 13.4. The fourth-order valence-electron chi connectivity index (χ4n) is 4.57. The van der Waals surface area contributed by atoms with Gasteiger partial charge in [-0.2, -0.15) is 0 Å². The van der Waals surface area contributed by atoms with Gasteiger partial charge in [0, 0.05) is 26.1 Å². The average Bonchev–Trinajstić information content (AvgIpc) is 3.07. The minimum Gasteiger partial charge on any atom is -0.354 e. The molecule has 8 heteroatoms. The molecule has 1 N–H and O–H groups in total. The van der Waals surface area contributed by atoms with Crippen LogP contribution < -0.4 is 5.32 Å². The quantitative estimate of drug-likeness (QED) is 0.420. The molecule has 1 fully saturated rings. The van der Waals surface area contributed by atoms with E-state index in [-0.39, 0.29) is 66.7 Å². The van der Waals surface area contributed by atoms with E-state index in [1.807, 2.05) is 32.9 Å². The fraction of sp³-hybridized carbons (Fsp3) is 0.538. The Kier molecular flexibility index (Phi) is 8.58. The molecule has 0 spiro atoms. The molecule has 1 aliphatic heterocycles. The number of likely N-dealkylation sites (tertiary alicyclic amines) is 1. The average molecular weight is 472 g/mol. The van der Waals surface area contributed by atoms with E-state index in [2.05, 4.69) is 5.32 Å². The molecule has 2 aliphatic rings. The van der Waals surface area contributed by atoms with Gasteiger partial charge < -0.3 is 10.2 Å². The fourth-order valence-corrected chi connectivity index (χ4v) is 4.57. The predicted octanol–water partition coefficient (Wildman–Crippen LogP) is 3.05. The predicted molar refractivity (Wildman–Crippen MR) is 126 cm³/mol. The van der Waals surface area contributed by atoms with Crippen molar-refractivity contribution < 1.29 is 23.6 Å². The highest BCUT2D eigenvalue weighted by Crippen LogP contribution is 2.35. The Hall–Kier alpha value is -3.03. The summed E-state index contributed by atoms with van der Waals surface area (Å²) in [7, 11) is 0. The van der Waals surface area contributed by atoms with Crippen molar-refractivity contribution in [3.05, 3.63) is 47.8 Å². The van der Waals surface area contributed by atoms with Gasteiger partial charge >= 0.3 is 0 Å². The van der Waals surface area contributed by atoms with E-state index in [1.54, 1.807) is 12.1 Å². The Morgan fingerprint density at radius 2 is 1.68 bits per heavy atom. The number of hydrogen-bond acceptors (Lipinski definition) is 4. The van der Waals surface area contributed by atoms with Crippen LogP contribution >= 0.6 is 0 Å². The summed E-state index contributed by atoms with van der Waals surface area (Å²) in [5.41, 5.74) is 0.690. The van der Waals surface area contributed by atoms with Crippen LogP contribution in [0.25, 0.3) is 0 Å². The lowest BCUT2D eigenvalue weighted by Gasteiger charge is -2.31. The van der Waals surface area contributed by atoms with Crippen molar-refractivity contribution in [2.45, 2.75) is 59.0 Å². The summed E-state index contributed by atoms with van der Waals surface area (Å²) in [6, 6.07) is 5.08. The number of allylic oxidation sites excluding steroid dienone is 2. The number of nitrogens with zero attached hydrogens (tertiary/aromatic N) is 2. The third kappa shape index (κ3) is 5.90. The van der Waals surface area contributed by atoms with Crippen molar-refractivity contribution in [2.75, 3.05) is 13.1 Å². The second-order valence-electron chi connectivity index (χ2n) is 9.45. The van der Waals surface area contributed by atoms with Gasteiger partial charge in [0.05, 0.1) is 11.8 Å². The molecule has 0 bridgehead atoms. The summed E-state index contributed by atoms with van der Waals surface area (Å²) in [6.07, 6.45) is 5.27. The highest BCUT2D eigenvalue weighted by atomic mass is 19.1. The minimum atomic E-state index is -0.715. The highest BCUT2D eigenvalue weighted by Gasteiger charge is 2.47. The van der Waals surface area contributed by atoms with Crippen LogP contribution in [-0.4, -0.2) is 52.6 Å². The molecule has 3 atom stereocenters. The lowest BCUT2D eigenvalue weighted by Crippen LogP contribution is -2.50. The van der Waals surface area contributed by atoms with Gasteiger partial charge in [-0.1, -0.05) is 45.1 Å². The molecule has 1 aliphatic carbocycles. The zero-order chi connectivity index (χ0) is 24.8. The van der Waals surface area contributed by atoms with Crippen LogP contribution in [0, 0.1) is 23.6 Å². The van der Waals surface area contributed by atoms with Crippen molar-refractivity contribution in [3.8, 4) is 0 Å². The van der Waals surface area contributed by atoms with Crippen LogP contribution in [0.3, 0.4) is 0 Å². The van der Waals surface area contributed by atoms with Crippen molar-refractivity contribution in [1.29, 1.82) is 0 Å². The van der Waals surface area contributed by atoms with Crippen LogP contribution in [0.1, 0.15) is 52.0 Å². The van der Waals surface area contributed by atoms with Gasteiger partial charge in [0.1, 0.15) is 11.9 Å². The number of hydrogen-bond donors (Lipinski definition) is 1. The molecule has 0 aromatic heterocycles. The number of amides is 4. The molecule has 0 radical (unpaired) electrons. The first-order valence-electron chi connectivity index (χ1n) is 12.0. The zero-order valence-corrected chi connectivity index (χ0v) is 20.1. The van der Waals surface area contributed by atoms with E-state index in [9.17, 15) is 23.6 Å². The Bertz CT molecular complexity index is 918. The maximum atomic E-state index is 13.4. The van der Waals surface area contributed by atoms with Crippen LogP contribution in [0.15, 0.2) is 36.4 Å². The molecular formula is C26H34FN3O4. The SMILES string of the molecule is CC[C@H](C(=O)NCC(C)C)N(Cc1ccc(F)cc1)C(=O)CCN1C(=O)[C@H]2CC=CC[C@H]2C1=O. The van der Waals surface area contributed by atoms with Gasteiger partial charge in [-0.05, 0) is 42.9 Å². The van der Waals surface area contributed by atoms with Gasteiger partial charge in [0.15, 0.2) is 0 Å². The molecule has 3 rings (SSSR count). The monoisotopic (exact) mass is 471 g/mol. The molecular weight excluding hydrogens is 437 g/mol. The maximum Gasteiger partial charge on any atom is 0.242 e. The number of halogens is 1. The van der Waals surface area contributed by atoms with E-state index in [1.165, 1.54) is 21.9 Å². The van der Waals surface area contributed by atoms with Crippen molar-refractivity contribution in [1.82, 2.24) is 15.1 Å². The van der Waals surface area contributed by atoms with E-state index in [4.69, 9.17) is 0 Å². The number of benzene rings is 1. The van der Waals surface area contributed by atoms with E-state index in [0.29, 0.717) is 31.4 Å². The van der Waals surface area contributed by atoms with Crippen molar-refractivity contribution in [3.63, 3.8) is 0 Å². The van der Waals surface area contributed by atoms with Crippen LogP contribution in [0.4, 0.5) is 4.39 Å². The van der Waals surface area contributed by atoms with Crippen molar-refractivity contribution in [2.24, 2.45) is 17.8 Å². The number of nitrogens with one attached hydrogen (secondary N) is 1. The lowest BCUT2D eigenvalue weighted by atomic mass is 9.85. The third-order valence-electron chi connectivity index (χ3n) is 6.48. The Balaban J connectivity index is 1.74. The molecule has 1 saturated heterocycles. The Morgan fingerprint density at radius 3 is 2.21 bits per heavy atom. The number of carbonyl (C=O) groups is 4. The van der Waals surface area contributed by atoms with Crippen LogP contribution in [0.2, 0.25) is 0 Å². The van der Waals surface area contributed by atoms with E-state index < -0.39 is 6.04 Å². The molecule has 0 saturated carbocycles. The summed E-state index contributed by atoms with van der Waals surface area (Å²) >= 11 is 0. The number of carbonyl (C=O) groups excluding carboxylic acids is 4. The van der Waals surface area contributed by atoms with Crippen LogP contribution in [0.5, 0.6) is 0 Å². The third-order valence-corrected chi connectivity index (χ3v) is 6.48. The second kappa shape index (κ2) is 11.4. The number of imide groups is 1. The first-order valence-corrected chi connectivity index (χ1v) is 12.0. The normalized spacial score (nSPS) is 20.4. The molecule has 1 aromatic rings. The topological polar surface area (TPSA) is 86.8 Å². The molecule has 0 unspecified atom stereocenters. The summed E-state index contributed by atoms with van der Waals surface area (Å²) < 4.78 is 13.4. The van der Waals surface area contributed by atoms with Gasteiger partial charge in [-0.25, -0.2) is 4.39 Å². The smallest absolute Gasteiger partial charge is 0.242 e. The molecule has 1 aromatic carbocycles. The lowest BCUT2D eigenvalue weighted by molar-refractivity contribution is -0.144. The number of rotatable bonds is 10. The Labute approximate surface area is 200 Å². The van der Waals surface area contributed by atoms with Crippen molar-refractivity contribution >= 4 is 23.6 Å². The van der Waals surface area contributed by atoms with Gasteiger partial charge in [0.2, 0.25) is 23.6 Å². The van der Waals surface area contributed by atoms with E-state index >= 15 is 0 Å². The Morgan fingerprint density at radius 1 is 1.09 bits per heavy atom. The molecule has 34 heavy (non-hydrogen) atoms. The standard InChI is InChI=1S/C26H34FN3O4/c1-4-22(24(32)28-15-17(2)3)30(16-18-9-11-19(27)12-10-18)23(31)13-14-29-25(33)20-7-5-6-8-21(20)26(29)34/h5-6,9-12,17,20-22H,4,7-8,13-16H2,1-3H3,(H,28,32)/t20-,21+,22-/m1/s1. The minimum absolute atomic E-state index is 0.00648. The highest BCUT2D eigenvalue weighted by molar-refractivity contribution is 6.05. The van der Waals surface area contributed by atoms with Gasteiger partial charge in [-0.15, -0.1) is 0 Å². The first-order chi connectivity index (χ1) is 16.2. The molecule has 7 nitrogen and oxygen atoms in total. The number of fused-ring (bicyclic) bond motifs is 1.